The molecule has 106 valence electrons. The first-order valence-electron chi connectivity index (χ1n) is 8.23. The van der Waals surface area contributed by atoms with Gasteiger partial charge < -0.3 is 10.1 Å². The third kappa shape index (κ3) is 4.89. The van der Waals surface area contributed by atoms with Gasteiger partial charge in [-0.3, -0.25) is 0 Å². The first-order chi connectivity index (χ1) is 8.88. The Hall–Kier alpha value is -0.0800. The van der Waals surface area contributed by atoms with Crippen LogP contribution in [0.15, 0.2) is 0 Å². The topological polar surface area (TPSA) is 21.3 Å². The maximum atomic E-state index is 5.89. The zero-order valence-corrected chi connectivity index (χ0v) is 12.1. The minimum absolute atomic E-state index is 0.534. The van der Waals surface area contributed by atoms with Crippen LogP contribution in [0.5, 0.6) is 0 Å². The summed E-state index contributed by atoms with van der Waals surface area (Å²) in [5.41, 5.74) is 0. The van der Waals surface area contributed by atoms with Gasteiger partial charge in [-0.25, -0.2) is 0 Å². The second-order valence-corrected chi connectivity index (χ2v) is 6.21. The van der Waals surface area contributed by atoms with E-state index in [4.69, 9.17) is 4.74 Å². The van der Waals surface area contributed by atoms with Crippen LogP contribution in [0, 0.1) is 5.92 Å². The van der Waals surface area contributed by atoms with Crippen LogP contribution in [0.3, 0.4) is 0 Å². The molecule has 0 aromatic heterocycles. The van der Waals surface area contributed by atoms with E-state index >= 15 is 0 Å². The van der Waals surface area contributed by atoms with Gasteiger partial charge >= 0.3 is 0 Å². The Kier molecular flexibility index (Phi) is 6.50. The van der Waals surface area contributed by atoms with Crippen LogP contribution in [0.4, 0.5) is 0 Å². The molecule has 1 saturated carbocycles. The van der Waals surface area contributed by atoms with Gasteiger partial charge in [0.1, 0.15) is 0 Å². The Balaban J connectivity index is 1.68. The van der Waals surface area contributed by atoms with E-state index in [-0.39, 0.29) is 0 Å². The number of ether oxygens (including phenoxy) is 1. The van der Waals surface area contributed by atoms with Gasteiger partial charge in [-0.2, -0.15) is 0 Å². The molecule has 2 aliphatic rings. The molecule has 1 heterocycles. The van der Waals surface area contributed by atoms with Crippen molar-refractivity contribution in [2.24, 2.45) is 5.92 Å². The van der Waals surface area contributed by atoms with Crippen molar-refractivity contribution in [1.29, 1.82) is 0 Å². The summed E-state index contributed by atoms with van der Waals surface area (Å²) in [5.74, 6) is 1.03. The summed E-state index contributed by atoms with van der Waals surface area (Å²) in [6.07, 6.45) is 14.4. The van der Waals surface area contributed by atoms with E-state index in [0.29, 0.717) is 12.1 Å². The quantitative estimate of drug-likeness (QED) is 0.743. The molecule has 0 amide bonds. The smallest absolute Gasteiger partial charge is 0.0590 e. The van der Waals surface area contributed by atoms with Gasteiger partial charge in [-0.15, -0.1) is 0 Å². The lowest BCUT2D eigenvalue weighted by atomic mass is 9.94. The van der Waals surface area contributed by atoms with E-state index in [1.807, 2.05) is 0 Å². The number of hydrogen-bond acceptors (Lipinski definition) is 2. The van der Waals surface area contributed by atoms with Gasteiger partial charge in [0.05, 0.1) is 6.10 Å². The van der Waals surface area contributed by atoms with Crippen molar-refractivity contribution >= 4 is 0 Å². The Morgan fingerprint density at radius 1 is 1.11 bits per heavy atom. The van der Waals surface area contributed by atoms with E-state index in [1.54, 1.807) is 0 Å². The fourth-order valence-corrected chi connectivity index (χ4v) is 3.64. The average Bonchev–Trinajstić information content (AvgIpc) is 2.91. The molecular weight excluding hydrogens is 222 g/mol. The average molecular weight is 253 g/mol. The van der Waals surface area contributed by atoms with Gasteiger partial charge in [0, 0.05) is 12.6 Å². The lowest BCUT2D eigenvalue weighted by Crippen LogP contribution is -2.35. The molecule has 2 atom stereocenters. The zero-order valence-electron chi connectivity index (χ0n) is 12.1. The Bertz CT molecular complexity index is 207. The predicted molar refractivity (Wildman–Crippen MR) is 76.9 cm³/mol. The van der Waals surface area contributed by atoms with Crippen molar-refractivity contribution < 1.29 is 4.74 Å². The van der Waals surface area contributed by atoms with Crippen LogP contribution in [0.25, 0.3) is 0 Å². The predicted octanol–water partition coefficient (Wildman–Crippen LogP) is 3.89. The van der Waals surface area contributed by atoms with E-state index in [2.05, 4.69) is 12.2 Å². The van der Waals surface area contributed by atoms with Gasteiger partial charge in [0.2, 0.25) is 0 Å². The molecule has 2 fully saturated rings. The van der Waals surface area contributed by atoms with Crippen molar-refractivity contribution in [3.8, 4) is 0 Å². The molecule has 2 unspecified atom stereocenters. The summed E-state index contributed by atoms with van der Waals surface area (Å²) < 4.78 is 5.89. The van der Waals surface area contributed by atoms with E-state index in [9.17, 15) is 0 Å². The van der Waals surface area contributed by atoms with Crippen LogP contribution >= 0.6 is 0 Å². The van der Waals surface area contributed by atoms with E-state index in [0.717, 1.165) is 19.1 Å². The molecule has 0 aromatic carbocycles. The maximum absolute atomic E-state index is 5.89. The minimum atomic E-state index is 0.534. The van der Waals surface area contributed by atoms with Gasteiger partial charge in [0.25, 0.3) is 0 Å². The number of rotatable bonds is 7. The highest BCUT2D eigenvalue weighted by atomic mass is 16.5. The van der Waals surface area contributed by atoms with Crippen molar-refractivity contribution in [3.63, 3.8) is 0 Å². The van der Waals surface area contributed by atoms with Crippen LogP contribution in [-0.2, 0) is 4.74 Å². The van der Waals surface area contributed by atoms with Crippen LogP contribution in [0.2, 0.25) is 0 Å². The number of hydrogen-bond donors (Lipinski definition) is 1. The molecule has 1 saturated heterocycles. The molecule has 18 heavy (non-hydrogen) atoms. The summed E-state index contributed by atoms with van der Waals surface area (Å²) in [6, 6.07) is 0.693. The first kappa shape index (κ1) is 14.3. The molecule has 1 N–H and O–H groups in total. The zero-order chi connectivity index (χ0) is 12.6. The van der Waals surface area contributed by atoms with Crippen LogP contribution in [-0.4, -0.2) is 25.3 Å². The monoisotopic (exact) mass is 253 g/mol. The molecule has 0 spiro atoms. The molecule has 0 aromatic rings. The fraction of sp³-hybridized carbons (Fsp3) is 1.00. The molecular formula is C16H31NO. The Labute approximate surface area is 113 Å². The standard InChI is InChI=1S/C16H31NO/c1-2-17-15(11-10-14-7-3-4-8-14)13-16-9-5-6-12-18-16/h14-17H,2-13H2,1H3. The van der Waals surface area contributed by atoms with Gasteiger partial charge in [0.15, 0.2) is 0 Å². The summed E-state index contributed by atoms with van der Waals surface area (Å²) >= 11 is 0. The summed E-state index contributed by atoms with van der Waals surface area (Å²) in [4.78, 5) is 0. The summed E-state index contributed by atoms with van der Waals surface area (Å²) in [6.45, 7) is 4.32. The summed E-state index contributed by atoms with van der Waals surface area (Å²) in [5, 5.41) is 3.67. The largest absolute Gasteiger partial charge is 0.378 e. The molecule has 0 bridgehead atoms. The molecule has 1 aliphatic carbocycles. The van der Waals surface area contributed by atoms with Gasteiger partial charge in [-0.05, 0) is 51.0 Å². The molecule has 2 nitrogen and oxygen atoms in total. The van der Waals surface area contributed by atoms with Gasteiger partial charge in [-0.1, -0.05) is 32.6 Å². The fourth-order valence-electron chi connectivity index (χ4n) is 3.64. The van der Waals surface area contributed by atoms with E-state index < -0.39 is 0 Å². The number of nitrogens with one attached hydrogen (secondary N) is 1. The molecule has 2 heteroatoms. The van der Waals surface area contributed by atoms with Crippen LogP contribution < -0.4 is 5.32 Å². The lowest BCUT2D eigenvalue weighted by molar-refractivity contribution is 0.00446. The second kappa shape index (κ2) is 8.16. The highest BCUT2D eigenvalue weighted by molar-refractivity contribution is 4.77. The van der Waals surface area contributed by atoms with Crippen molar-refractivity contribution in [3.05, 3.63) is 0 Å². The van der Waals surface area contributed by atoms with Crippen molar-refractivity contribution in [1.82, 2.24) is 5.32 Å². The SMILES string of the molecule is CCNC(CCC1CCCC1)CC1CCCCO1. The van der Waals surface area contributed by atoms with Crippen molar-refractivity contribution in [2.45, 2.75) is 83.3 Å². The van der Waals surface area contributed by atoms with Crippen LogP contribution in [0.1, 0.15) is 71.1 Å². The summed E-state index contributed by atoms with van der Waals surface area (Å²) in [7, 11) is 0. The molecule has 2 rings (SSSR count). The van der Waals surface area contributed by atoms with Crippen molar-refractivity contribution in [2.75, 3.05) is 13.2 Å². The first-order valence-corrected chi connectivity index (χ1v) is 8.23. The maximum Gasteiger partial charge on any atom is 0.0590 e. The van der Waals surface area contributed by atoms with E-state index in [1.165, 1.54) is 64.2 Å². The Morgan fingerprint density at radius 3 is 2.56 bits per heavy atom. The normalized spacial score (nSPS) is 27.5. The second-order valence-electron chi connectivity index (χ2n) is 6.21. The molecule has 1 aliphatic heterocycles. The lowest BCUT2D eigenvalue weighted by Gasteiger charge is -2.28. The third-order valence-corrected chi connectivity index (χ3v) is 4.71. The Morgan fingerprint density at radius 2 is 1.89 bits per heavy atom. The third-order valence-electron chi connectivity index (χ3n) is 4.71. The highest BCUT2D eigenvalue weighted by Gasteiger charge is 2.21. The highest BCUT2D eigenvalue weighted by Crippen LogP contribution is 2.29. The molecule has 0 radical (unpaired) electrons. The minimum Gasteiger partial charge on any atom is -0.378 e.